The topological polar surface area (TPSA) is 84.2 Å². The minimum Gasteiger partial charge on any atom is -0.346 e. The fourth-order valence-electron chi connectivity index (χ4n) is 0.849. The lowest BCUT2D eigenvalue weighted by molar-refractivity contribution is -0.138. The zero-order chi connectivity index (χ0) is 13.6. The number of alkyl halides is 3. The Morgan fingerprint density at radius 2 is 1.76 bits per heavy atom. The first-order chi connectivity index (χ1) is 7.63. The maximum Gasteiger partial charge on any atom is 0.405 e. The van der Waals surface area contributed by atoms with E-state index in [1.54, 1.807) is 19.2 Å². The van der Waals surface area contributed by atoms with Crippen molar-refractivity contribution in [2.75, 3.05) is 13.1 Å². The normalized spacial score (nSPS) is 13.4. The molecule has 0 aliphatic heterocycles. The Morgan fingerprint density at radius 1 is 1.24 bits per heavy atom. The molecule has 0 radical (unpaired) electrons. The molecule has 0 aromatic carbocycles. The van der Waals surface area contributed by atoms with Gasteiger partial charge in [0.05, 0.1) is 12.6 Å². The summed E-state index contributed by atoms with van der Waals surface area (Å²) >= 11 is 0. The average molecular weight is 255 g/mol. The highest BCUT2D eigenvalue weighted by Crippen LogP contribution is 2.11. The van der Waals surface area contributed by atoms with Gasteiger partial charge in [-0.2, -0.15) is 13.2 Å². The smallest absolute Gasteiger partial charge is 0.346 e. The van der Waals surface area contributed by atoms with E-state index >= 15 is 0 Å². The van der Waals surface area contributed by atoms with Crippen LogP contribution in [-0.2, 0) is 9.59 Å². The average Bonchev–Trinajstić information content (AvgIpc) is 2.20. The molecule has 0 aromatic rings. The molecule has 17 heavy (non-hydrogen) atoms. The molecular weight excluding hydrogens is 239 g/mol. The van der Waals surface area contributed by atoms with Crippen LogP contribution in [0.3, 0.4) is 0 Å². The van der Waals surface area contributed by atoms with Gasteiger partial charge in [-0.25, -0.2) is 0 Å². The summed E-state index contributed by atoms with van der Waals surface area (Å²) < 4.78 is 35.2. The van der Waals surface area contributed by atoms with Crippen LogP contribution in [0.4, 0.5) is 13.2 Å². The van der Waals surface area contributed by atoms with Crippen LogP contribution in [0, 0.1) is 5.92 Å². The Bertz CT molecular complexity index is 279. The van der Waals surface area contributed by atoms with Crippen LogP contribution < -0.4 is 16.4 Å². The maximum atomic E-state index is 11.7. The van der Waals surface area contributed by atoms with Gasteiger partial charge in [0.25, 0.3) is 0 Å². The van der Waals surface area contributed by atoms with Crippen molar-refractivity contribution in [3.05, 3.63) is 0 Å². The van der Waals surface area contributed by atoms with E-state index in [2.05, 4.69) is 5.32 Å². The van der Waals surface area contributed by atoms with Gasteiger partial charge in [0.1, 0.15) is 6.54 Å². The predicted molar refractivity (Wildman–Crippen MR) is 54.9 cm³/mol. The van der Waals surface area contributed by atoms with Crippen LogP contribution >= 0.6 is 0 Å². The van der Waals surface area contributed by atoms with E-state index in [0.717, 1.165) is 0 Å². The van der Waals surface area contributed by atoms with E-state index in [4.69, 9.17) is 5.73 Å². The van der Waals surface area contributed by atoms with Gasteiger partial charge in [0.2, 0.25) is 11.8 Å². The first-order valence-corrected chi connectivity index (χ1v) is 5.00. The molecule has 100 valence electrons. The second kappa shape index (κ2) is 6.43. The molecule has 1 atom stereocenters. The van der Waals surface area contributed by atoms with Crippen molar-refractivity contribution < 1.29 is 22.8 Å². The number of hydrogen-bond acceptors (Lipinski definition) is 3. The third-order valence-corrected chi connectivity index (χ3v) is 1.93. The van der Waals surface area contributed by atoms with Crippen LogP contribution in [0.15, 0.2) is 0 Å². The zero-order valence-corrected chi connectivity index (χ0v) is 9.60. The number of halogens is 3. The summed E-state index contributed by atoms with van der Waals surface area (Å²) in [5.41, 5.74) is 5.47. The zero-order valence-electron chi connectivity index (χ0n) is 9.60. The van der Waals surface area contributed by atoms with Crippen LogP contribution in [0.5, 0.6) is 0 Å². The standard InChI is InChI=1S/C9H16F3N3O2/c1-5(2)7(13)8(17)14-3-6(16)15-4-9(10,11)12/h5,7H,3-4,13H2,1-2H3,(H,14,17)(H,15,16)/t7-/m0/s1. The molecule has 4 N–H and O–H groups in total. The first kappa shape index (κ1) is 15.7. The Hall–Kier alpha value is -1.31. The second-order valence-electron chi connectivity index (χ2n) is 3.88. The number of carbonyl (C=O) groups excluding carboxylic acids is 2. The molecule has 0 aliphatic rings. The SMILES string of the molecule is CC(C)[C@H](N)C(=O)NCC(=O)NCC(F)(F)F. The fraction of sp³-hybridized carbons (Fsp3) is 0.778. The maximum absolute atomic E-state index is 11.7. The van der Waals surface area contributed by atoms with E-state index in [1.807, 2.05) is 0 Å². The van der Waals surface area contributed by atoms with E-state index < -0.39 is 37.1 Å². The quantitative estimate of drug-likeness (QED) is 0.634. The number of rotatable bonds is 5. The van der Waals surface area contributed by atoms with Crippen molar-refractivity contribution >= 4 is 11.8 Å². The Balaban J connectivity index is 3.89. The molecule has 0 bridgehead atoms. The number of nitrogens with one attached hydrogen (secondary N) is 2. The van der Waals surface area contributed by atoms with Gasteiger partial charge in [-0.15, -0.1) is 0 Å². The first-order valence-electron chi connectivity index (χ1n) is 5.00. The van der Waals surface area contributed by atoms with Gasteiger partial charge >= 0.3 is 6.18 Å². The monoisotopic (exact) mass is 255 g/mol. The number of amides is 2. The van der Waals surface area contributed by atoms with Crippen LogP contribution in [-0.4, -0.2) is 37.1 Å². The summed E-state index contributed by atoms with van der Waals surface area (Å²) in [7, 11) is 0. The highest BCUT2D eigenvalue weighted by atomic mass is 19.4. The van der Waals surface area contributed by atoms with Crippen LogP contribution in [0.25, 0.3) is 0 Å². The van der Waals surface area contributed by atoms with Crippen molar-refractivity contribution in [1.29, 1.82) is 0 Å². The largest absolute Gasteiger partial charge is 0.405 e. The van der Waals surface area contributed by atoms with Gasteiger partial charge in [-0.05, 0) is 5.92 Å². The van der Waals surface area contributed by atoms with E-state index in [9.17, 15) is 22.8 Å². The number of hydrogen-bond donors (Lipinski definition) is 3. The van der Waals surface area contributed by atoms with E-state index in [-0.39, 0.29) is 5.92 Å². The molecule has 0 aliphatic carbocycles. The van der Waals surface area contributed by atoms with Gasteiger partial charge < -0.3 is 16.4 Å². The molecule has 0 heterocycles. The van der Waals surface area contributed by atoms with Crippen LogP contribution in [0.1, 0.15) is 13.8 Å². The van der Waals surface area contributed by atoms with Crippen molar-refractivity contribution in [2.45, 2.75) is 26.1 Å². The van der Waals surface area contributed by atoms with Crippen molar-refractivity contribution in [3.8, 4) is 0 Å². The molecule has 0 fully saturated rings. The Labute approximate surface area is 96.9 Å². The molecule has 8 heteroatoms. The minimum atomic E-state index is -4.46. The minimum absolute atomic E-state index is 0.117. The van der Waals surface area contributed by atoms with E-state index in [0.29, 0.717) is 0 Å². The summed E-state index contributed by atoms with van der Waals surface area (Å²) in [6, 6.07) is -0.787. The number of carbonyl (C=O) groups is 2. The molecule has 0 spiro atoms. The van der Waals surface area contributed by atoms with Gasteiger partial charge in [0, 0.05) is 0 Å². The highest BCUT2D eigenvalue weighted by Gasteiger charge is 2.27. The van der Waals surface area contributed by atoms with Crippen LogP contribution in [0.2, 0.25) is 0 Å². The lowest BCUT2D eigenvalue weighted by Crippen LogP contribution is -2.48. The molecule has 0 aromatic heterocycles. The van der Waals surface area contributed by atoms with Crippen molar-refractivity contribution in [3.63, 3.8) is 0 Å². The van der Waals surface area contributed by atoms with Crippen molar-refractivity contribution in [1.82, 2.24) is 10.6 Å². The van der Waals surface area contributed by atoms with Gasteiger partial charge in [-0.3, -0.25) is 9.59 Å². The van der Waals surface area contributed by atoms with E-state index in [1.165, 1.54) is 0 Å². The molecule has 2 amide bonds. The summed E-state index contributed by atoms with van der Waals surface area (Å²) in [5, 5.41) is 3.78. The third-order valence-electron chi connectivity index (χ3n) is 1.93. The fourth-order valence-corrected chi connectivity index (χ4v) is 0.849. The summed E-state index contributed by atoms with van der Waals surface area (Å²) in [4.78, 5) is 22.2. The molecule has 0 unspecified atom stereocenters. The molecule has 0 rings (SSSR count). The summed E-state index contributed by atoms with van der Waals surface area (Å²) in [6.07, 6.45) is -4.46. The lowest BCUT2D eigenvalue weighted by atomic mass is 10.1. The summed E-state index contributed by atoms with van der Waals surface area (Å²) in [5.74, 6) is -1.60. The van der Waals surface area contributed by atoms with Gasteiger partial charge in [-0.1, -0.05) is 13.8 Å². The molecular formula is C9H16F3N3O2. The van der Waals surface area contributed by atoms with Gasteiger partial charge in [0.15, 0.2) is 0 Å². The molecule has 0 saturated heterocycles. The predicted octanol–water partition coefficient (Wildman–Crippen LogP) is -0.236. The molecule has 0 saturated carbocycles. The van der Waals surface area contributed by atoms with Crippen molar-refractivity contribution in [2.24, 2.45) is 11.7 Å². The summed E-state index contributed by atoms with van der Waals surface area (Å²) in [6.45, 7) is 1.50. The second-order valence-corrected chi connectivity index (χ2v) is 3.88. The Kier molecular flexibility index (Phi) is 5.94. The highest BCUT2D eigenvalue weighted by molar-refractivity contribution is 5.87. The molecule has 5 nitrogen and oxygen atoms in total. The third kappa shape index (κ3) is 7.56. The lowest BCUT2D eigenvalue weighted by Gasteiger charge is -2.15. The Morgan fingerprint density at radius 3 is 2.18 bits per heavy atom. The number of nitrogens with two attached hydrogens (primary N) is 1.